The number of benzene rings is 1. The minimum Gasteiger partial charge on any atom is -0.353 e. The van der Waals surface area contributed by atoms with Gasteiger partial charge in [0.25, 0.3) is 0 Å². The molecule has 2 N–H and O–H groups in total. The van der Waals surface area contributed by atoms with Gasteiger partial charge in [-0.3, -0.25) is 4.79 Å². The molecule has 0 aliphatic carbocycles. The monoisotopic (exact) mass is 435 g/mol. The topological polar surface area (TPSA) is 121 Å². The van der Waals surface area contributed by atoms with Crippen LogP contribution in [0.3, 0.4) is 0 Å². The highest BCUT2D eigenvalue weighted by molar-refractivity contribution is 5.90. The second kappa shape index (κ2) is 9.86. The first-order valence-corrected chi connectivity index (χ1v) is 10.4. The van der Waals surface area contributed by atoms with Crippen LogP contribution >= 0.6 is 0 Å². The molecule has 11 nitrogen and oxygen atoms in total. The van der Waals surface area contributed by atoms with Crippen LogP contribution in [0.25, 0.3) is 5.69 Å². The van der Waals surface area contributed by atoms with Gasteiger partial charge in [-0.2, -0.15) is 0 Å². The molecule has 166 valence electrons. The summed E-state index contributed by atoms with van der Waals surface area (Å²) in [6, 6.07) is 10.9. The van der Waals surface area contributed by atoms with Gasteiger partial charge in [-0.05, 0) is 47.2 Å². The normalized spacial score (nSPS) is 13.7. The first-order valence-electron chi connectivity index (χ1n) is 10.4. The van der Waals surface area contributed by atoms with Gasteiger partial charge < -0.3 is 20.4 Å². The summed E-state index contributed by atoms with van der Waals surface area (Å²) in [6.07, 6.45) is 3.52. The zero-order chi connectivity index (χ0) is 22.3. The Bertz CT molecular complexity index is 1050. The first kappa shape index (κ1) is 21.2. The van der Waals surface area contributed by atoms with Gasteiger partial charge in [-0.25, -0.2) is 14.5 Å². The van der Waals surface area contributed by atoms with E-state index in [2.05, 4.69) is 36.0 Å². The van der Waals surface area contributed by atoms with E-state index < -0.39 is 0 Å². The average Bonchev–Trinajstić information content (AvgIpc) is 3.36. The number of pyridine rings is 1. The lowest BCUT2D eigenvalue weighted by atomic mass is 10.2. The Morgan fingerprint density at radius 3 is 2.66 bits per heavy atom. The van der Waals surface area contributed by atoms with E-state index in [1.807, 2.05) is 36.1 Å². The summed E-state index contributed by atoms with van der Waals surface area (Å²) in [6.45, 7) is 4.97. The van der Waals surface area contributed by atoms with E-state index in [0.29, 0.717) is 18.8 Å². The number of aryl methyl sites for hydroxylation is 1. The molecule has 1 aliphatic heterocycles. The van der Waals surface area contributed by atoms with Crippen LogP contribution in [0.15, 0.2) is 48.9 Å². The maximum Gasteiger partial charge on any atom is 0.319 e. The van der Waals surface area contributed by atoms with Crippen molar-refractivity contribution >= 4 is 23.4 Å². The Hall–Kier alpha value is -4.02. The number of amides is 3. The third-order valence-electron chi connectivity index (χ3n) is 5.29. The number of nitrogens with one attached hydrogen (secondary N) is 2. The number of carbonyl (C=O) groups is 2. The molecule has 3 aromatic rings. The summed E-state index contributed by atoms with van der Waals surface area (Å²) >= 11 is 0. The van der Waals surface area contributed by atoms with E-state index in [1.165, 1.54) is 11.0 Å². The number of hydrogen-bond donors (Lipinski definition) is 2. The molecule has 2 aromatic heterocycles. The number of anilines is 2. The fraction of sp³-hybridized carbons (Fsp3) is 0.333. The molecular weight excluding hydrogens is 410 g/mol. The van der Waals surface area contributed by atoms with E-state index in [1.54, 1.807) is 18.3 Å². The zero-order valence-corrected chi connectivity index (χ0v) is 17.8. The zero-order valence-electron chi connectivity index (χ0n) is 17.8. The standard InChI is InChI=1S/C21H25N9O2/c1-16-5-6-17(14-18(16)30-15-24-26-27-30)25-21(32)23-9-7-20(31)29-12-10-28(11-13-29)19-4-2-3-8-22-19/h2-6,8,14-15H,7,9-13H2,1H3,(H2,23,25,32). The maximum absolute atomic E-state index is 12.5. The first-order chi connectivity index (χ1) is 15.6. The van der Waals surface area contributed by atoms with Crippen LogP contribution in [0.5, 0.6) is 0 Å². The third kappa shape index (κ3) is 5.17. The number of nitrogens with zero attached hydrogens (tertiary/aromatic N) is 7. The lowest BCUT2D eigenvalue weighted by Crippen LogP contribution is -2.49. The largest absolute Gasteiger partial charge is 0.353 e. The molecule has 32 heavy (non-hydrogen) atoms. The molecule has 0 bridgehead atoms. The number of piperazine rings is 1. The molecule has 0 spiro atoms. The van der Waals surface area contributed by atoms with Gasteiger partial charge in [-0.1, -0.05) is 12.1 Å². The van der Waals surface area contributed by atoms with Crippen molar-refractivity contribution in [3.05, 3.63) is 54.5 Å². The van der Waals surface area contributed by atoms with E-state index in [0.717, 1.165) is 30.2 Å². The lowest BCUT2D eigenvalue weighted by Gasteiger charge is -2.35. The Labute approximate surface area is 185 Å². The molecule has 3 heterocycles. The Morgan fingerprint density at radius 1 is 1.09 bits per heavy atom. The fourth-order valence-electron chi connectivity index (χ4n) is 3.55. The highest BCUT2D eigenvalue weighted by Gasteiger charge is 2.21. The number of carbonyl (C=O) groups excluding carboxylic acids is 2. The molecule has 1 aliphatic rings. The van der Waals surface area contributed by atoms with Crippen LogP contribution in [0.2, 0.25) is 0 Å². The van der Waals surface area contributed by atoms with Crippen LogP contribution in [0.4, 0.5) is 16.3 Å². The van der Waals surface area contributed by atoms with Crippen LogP contribution < -0.4 is 15.5 Å². The summed E-state index contributed by atoms with van der Waals surface area (Å²) in [5.41, 5.74) is 2.35. The molecule has 1 aromatic carbocycles. The molecular formula is C21H25N9O2. The highest BCUT2D eigenvalue weighted by Crippen LogP contribution is 2.18. The van der Waals surface area contributed by atoms with E-state index >= 15 is 0 Å². The molecule has 1 fully saturated rings. The summed E-state index contributed by atoms with van der Waals surface area (Å²) in [5, 5.41) is 16.7. The summed E-state index contributed by atoms with van der Waals surface area (Å²) in [5.74, 6) is 0.958. The molecule has 3 amide bonds. The van der Waals surface area contributed by atoms with Crippen molar-refractivity contribution in [1.29, 1.82) is 0 Å². The van der Waals surface area contributed by atoms with E-state index in [9.17, 15) is 9.59 Å². The van der Waals surface area contributed by atoms with Crippen LogP contribution in [-0.4, -0.2) is 74.8 Å². The van der Waals surface area contributed by atoms with Gasteiger partial charge in [0, 0.05) is 51.0 Å². The van der Waals surface area contributed by atoms with Crippen molar-refractivity contribution in [1.82, 2.24) is 35.4 Å². The number of hydrogen-bond acceptors (Lipinski definition) is 7. The predicted molar refractivity (Wildman–Crippen MR) is 119 cm³/mol. The Morgan fingerprint density at radius 2 is 1.94 bits per heavy atom. The SMILES string of the molecule is Cc1ccc(NC(=O)NCCC(=O)N2CCN(c3ccccn3)CC2)cc1-n1cnnn1. The minimum absolute atomic E-state index is 0.0299. The Balaban J connectivity index is 1.21. The third-order valence-corrected chi connectivity index (χ3v) is 5.29. The van der Waals surface area contributed by atoms with Gasteiger partial charge in [-0.15, -0.1) is 5.10 Å². The summed E-state index contributed by atoms with van der Waals surface area (Å²) < 4.78 is 1.53. The second-order valence-electron chi connectivity index (χ2n) is 7.44. The van der Waals surface area contributed by atoms with Crippen molar-refractivity contribution < 1.29 is 9.59 Å². The Kier molecular flexibility index (Phi) is 6.54. The highest BCUT2D eigenvalue weighted by atomic mass is 16.2. The van der Waals surface area contributed by atoms with Crippen molar-refractivity contribution in [2.24, 2.45) is 0 Å². The van der Waals surface area contributed by atoms with Crippen molar-refractivity contribution in [3.8, 4) is 5.69 Å². The number of rotatable bonds is 6. The summed E-state index contributed by atoms with van der Waals surface area (Å²) in [7, 11) is 0. The fourth-order valence-corrected chi connectivity index (χ4v) is 3.55. The lowest BCUT2D eigenvalue weighted by molar-refractivity contribution is -0.131. The molecule has 0 saturated carbocycles. The molecule has 4 rings (SSSR count). The van der Waals surface area contributed by atoms with Gasteiger partial charge in [0.05, 0.1) is 5.69 Å². The molecule has 0 radical (unpaired) electrons. The van der Waals surface area contributed by atoms with Crippen LogP contribution in [0.1, 0.15) is 12.0 Å². The van der Waals surface area contributed by atoms with Crippen molar-refractivity contribution in [3.63, 3.8) is 0 Å². The van der Waals surface area contributed by atoms with Crippen LogP contribution in [-0.2, 0) is 4.79 Å². The smallest absolute Gasteiger partial charge is 0.319 e. The van der Waals surface area contributed by atoms with Gasteiger partial charge in [0.15, 0.2) is 0 Å². The molecule has 11 heteroatoms. The molecule has 1 saturated heterocycles. The average molecular weight is 435 g/mol. The second-order valence-corrected chi connectivity index (χ2v) is 7.44. The quantitative estimate of drug-likeness (QED) is 0.597. The number of aromatic nitrogens is 5. The van der Waals surface area contributed by atoms with Crippen molar-refractivity contribution in [2.75, 3.05) is 42.9 Å². The van der Waals surface area contributed by atoms with Gasteiger partial charge >= 0.3 is 6.03 Å². The molecule has 0 unspecified atom stereocenters. The maximum atomic E-state index is 12.5. The van der Waals surface area contributed by atoms with Crippen LogP contribution in [0, 0.1) is 6.92 Å². The summed E-state index contributed by atoms with van der Waals surface area (Å²) in [4.78, 5) is 33.1. The van der Waals surface area contributed by atoms with Gasteiger partial charge in [0.1, 0.15) is 12.1 Å². The van der Waals surface area contributed by atoms with E-state index in [-0.39, 0.29) is 24.9 Å². The molecule has 0 atom stereocenters. The van der Waals surface area contributed by atoms with Crippen molar-refractivity contribution in [2.45, 2.75) is 13.3 Å². The number of urea groups is 1. The van der Waals surface area contributed by atoms with Gasteiger partial charge in [0.2, 0.25) is 5.91 Å². The number of tetrazole rings is 1. The minimum atomic E-state index is -0.371. The predicted octanol–water partition coefficient (Wildman–Crippen LogP) is 1.23. The van der Waals surface area contributed by atoms with E-state index in [4.69, 9.17) is 0 Å².